The van der Waals surface area contributed by atoms with Gasteiger partial charge in [-0.15, -0.1) is 0 Å². The Kier molecular flexibility index (Phi) is 4.97. The van der Waals surface area contributed by atoms with E-state index in [1.54, 1.807) is 6.92 Å². The SMILES string of the molecule is CCONC(=O)[C@H](C)Nc1c(C)cccc1C. The van der Waals surface area contributed by atoms with Crippen molar-refractivity contribution in [1.29, 1.82) is 0 Å². The molecule has 17 heavy (non-hydrogen) atoms. The predicted molar refractivity (Wildman–Crippen MR) is 68.8 cm³/mol. The number of carbonyl (C=O) groups excluding carboxylic acids is 1. The van der Waals surface area contributed by atoms with Gasteiger partial charge in [0.15, 0.2) is 0 Å². The van der Waals surface area contributed by atoms with Crippen molar-refractivity contribution in [2.24, 2.45) is 0 Å². The molecule has 1 amide bonds. The topological polar surface area (TPSA) is 50.4 Å². The lowest BCUT2D eigenvalue weighted by Gasteiger charge is -2.18. The minimum absolute atomic E-state index is 0.172. The normalized spacial score (nSPS) is 12.0. The van der Waals surface area contributed by atoms with Gasteiger partial charge in [-0.3, -0.25) is 9.63 Å². The first-order valence-corrected chi connectivity index (χ1v) is 5.80. The Labute approximate surface area is 102 Å². The first kappa shape index (κ1) is 13.5. The Morgan fingerprint density at radius 3 is 2.47 bits per heavy atom. The van der Waals surface area contributed by atoms with Crippen LogP contribution in [0.3, 0.4) is 0 Å². The third-order valence-corrected chi connectivity index (χ3v) is 2.55. The van der Waals surface area contributed by atoms with Crippen LogP contribution in [0.2, 0.25) is 0 Å². The third-order valence-electron chi connectivity index (χ3n) is 2.55. The predicted octanol–water partition coefficient (Wildman–Crippen LogP) is 2.17. The molecule has 4 heteroatoms. The van der Waals surface area contributed by atoms with Crippen LogP contribution in [0.4, 0.5) is 5.69 Å². The van der Waals surface area contributed by atoms with E-state index in [1.165, 1.54) is 0 Å². The molecule has 1 aromatic rings. The Balaban J connectivity index is 2.67. The standard InChI is InChI=1S/C13H20N2O2/c1-5-17-15-13(16)11(4)14-12-9(2)7-6-8-10(12)3/h6-8,11,14H,5H2,1-4H3,(H,15,16)/t11-/m0/s1. The van der Waals surface area contributed by atoms with E-state index >= 15 is 0 Å². The van der Waals surface area contributed by atoms with Crippen LogP contribution in [0.1, 0.15) is 25.0 Å². The van der Waals surface area contributed by atoms with Gasteiger partial charge in [0.25, 0.3) is 5.91 Å². The van der Waals surface area contributed by atoms with Gasteiger partial charge in [-0.05, 0) is 38.8 Å². The van der Waals surface area contributed by atoms with Crippen LogP contribution in [0, 0.1) is 13.8 Å². The van der Waals surface area contributed by atoms with E-state index in [0.717, 1.165) is 16.8 Å². The highest BCUT2D eigenvalue weighted by Gasteiger charge is 2.14. The fraction of sp³-hybridized carbons (Fsp3) is 0.462. The van der Waals surface area contributed by atoms with Crippen LogP contribution in [0.5, 0.6) is 0 Å². The van der Waals surface area contributed by atoms with E-state index in [1.807, 2.05) is 39.0 Å². The third kappa shape index (κ3) is 3.75. The van der Waals surface area contributed by atoms with Gasteiger partial charge in [0.05, 0.1) is 6.61 Å². The zero-order valence-corrected chi connectivity index (χ0v) is 10.8. The number of benzene rings is 1. The summed E-state index contributed by atoms with van der Waals surface area (Å²) in [5.74, 6) is -0.172. The first-order chi connectivity index (χ1) is 8.06. The van der Waals surface area contributed by atoms with Gasteiger partial charge in [0.2, 0.25) is 0 Å². The molecule has 0 fully saturated rings. The molecule has 0 aromatic heterocycles. The van der Waals surface area contributed by atoms with Gasteiger partial charge in [-0.25, -0.2) is 5.48 Å². The summed E-state index contributed by atoms with van der Waals surface area (Å²) in [5.41, 5.74) is 5.65. The molecule has 0 unspecified atom stereocenters. The maximum Gasteiger partial charge on any atom is 0.265 e. The number of carbonyl (C=O) groups is 1. The summed E-state index contributed by atoms with van der Waals surface area (Å²) < 4.78 is 0. The van der Waals surface area contributed by atoms with Crippen molar-refractivity contribution in [2.45, 2.75) is 33.7 Å². The van der Waals surface area contributed by atoms with Gasteiger partial charge in [-0.2, -0.15) is 0 Å². The van der Waals surface area contributed by atoms with E-state index in [9.17, 15) is 4.79 Å². The summed E-state index contributed by atoms with van der Waals surface area (Å²) in [6.45, 7) is 8.12. The molecule has 0 radical (unpaired) electrons. The highest BCUT2D eigenvalue weighted by atomic mass is 16.6. The van der Waals surface area contributed by atoms with E-state index in [4.69, 9.17) is 4.84 Å². The number of amides is 1. The van der Waals surface area contributed by atoms with E-state index in [0.29, 0.717) is 6.61 Å². The highest BCUT2D eigenvalue weighted by molar-refractivity contribution is 5.83. The van der Waals surface area contributed by atoms with Gasteiger partial charge in [0.1, 0.15) is 6.04 Å². The zero-order chi connectivity index (χ0) is 12.8. The van der Waals surface area contributed by atoms with E-state index in [-0.39, 0.29) is 11.9 Å². The number of nitrogens with one attached hydrogen (secondary N) is 2. The molecule has 1 atom stereocenters. The maximum absolute atomic E-state index is 11.6. The number of hydroxylamine groups is 1. The Morgan fingerprint density at radius 2 is 1.94 bits per heavy atom. The molecular weight excluding hydrogens is 216 g/mol. The number of hydrogen-bond donors (Lipinski definition) is 2. The molecule has 2 N–H and O–H groups in total. The van der Waals surface area contributed by atoms with Crippen LogP contribution in [0.25, 0.3) is 0 Å². The van der Waals surface area contributed by atoms with Gasteiger partial charge in [0, 0.05) is 5.69 Å². The molecule has 0 heterocycles. The monoisotopic (exact) mass is 236 g/mol. The fourth-order valence-corrected chi connectivity index (χ4v) is 1.56. The van der Waals surface area contributed by atoms with Crippen molar-refractivity contribution in [1.82, 2.24) is 5.48 Å². The molecule has 0 aliphatic rings. The molecular formula is C13H20N2O2. The summed E-state index contributed by atoms with van der Waals surface area (Å²) in [4.78, 5) is 16.5. The first-order valence-electron chi connectivity index (χ1n) is 5.80. The number of hydrogen-bond acceptors (Lipinski definition) is 3. The number of rotatable bonds is 5. The van der Waals surface area contributed by atoms with Gasteiger partial charge >= 0.3 is 0 Å². The van der Waals surface area contributed by atoms with Crippen LogP contribution >= 0.6 is 0 Å². The maximum atomic E-state index is 11.6. The second kappa shape index (κ2) is 6.25. The highest BCUT2D eigenvalue weighted by Crippen LogP contribution is 2.20. The quantitative estimate of drug-likeness (QED) is 0.770. The minimum Gasteiger partial charge on any atom is -0.373 e. The smallest absolute Gasteiger partial charge is 0.265 e. The molecule has 0 aliphatic heterocycles. The van der Waals surface area contributed by atoms with Crippen molar-refractivity contribution in [3.8, 4) is 0 Å². The number of para-hydroxylation sites is 1. The lowest BCUT2D eigenvalue weighted by Crippen LogP contribution is -2.37. The molecule has 1 aromatic carbocycles. The van der Waals surface area contributed by atoms with Crippen molar-refractivity contribution >= 4 is 11.6 Å². The summed E-state index contributed by atoms with van der Waals surface area (Å²) >= 11 is 0. The van der Waals surface area contributed by atoms with Crippen molar-refractivity contribution in [2.75, 3.05) is 11.9 Å². The Morgan fingerprint density at radius 1 is 1.35 bits per heavy atom. The van der Waals surface area contributed by atoms with E-state index < -0.39 is 0 Å². The molecule has 94 valence electrons. The minimum atomic E-state index is -0.332. The largest absolute Gasteiger partial charge is 0.373 e. The van der Waals surface area contributed by atoms with Crippen molar-refractivity contribution < 1.29 is 9.63 Å². The van der Waals surface area contributed by atoms with Gasteiger partial charge < -0.3 is 5.32 Å². The molecule has 1 rings (SSSR count). The number of anilines is 1. The number of aryl methyl sites for hydroxylation is 2. The van der Waals surface area contributed by atoms with E-state index in [2.05, 4.69) is 10.8 Å². The second-order valence-corrected chi connectivity index (χ2v) is 4.03. The van der Waals surface area contributed by atoms with Crippen LogP contribution in [-0.2, 0) is 9.63 Å². The molecule has 0 saturated heterocycles. The van der Waals surface area contributed by atoms with Crippen LogP contribution < -0.4 is 10.8 Å². The summed E-state index contributed by atoms with van der Waals surface area (Å²) in [5, 5.41) is 3.20. The molecule has 0 saturated carbocycles. The molecule has 4 nitrogen and oxygen atoms in total. The molecule has 0 bridgehead atoms. The van der Waals surface area contributed by atoms with Crippen LogP contribution in [0.15, 0.2) is 18.2 Å². The fourth-order valence-electron chi connectivity index (χ4n) is 1.56. The average Bonchev–Trinajstić information content (AvgIpc) is 2.30. The van der Waals surface area contributed by atoms with Crippen molar-refractivity contribution in [3.05, 3.63) is 29.3 Å². The summed E-state index contributed by atoms with van der Waals surface area (Å²) in [6.07, 6.45) is 0. The van der Waals surface area contributed by atoms with Crippen molar-refractivity contribution in [3.63, 3.8) is 0 Å². The second-order valence-electron chi connectivity index (χ2n) is 4.03. The Bertz CT molecular complexity index is 371. The lowest BCUT2D eigenvalue weighted by atomic mass is 10.1. The Hall–Kier alpha value is -1.55. The van der Waals surface area contributed by atoms with Crippen LogP contribution in [-0.4, -0.2) is 18.6 Å². The average molecular weight is 236 g/mol. The zero-order valence-electron chi connectivity index (χ0n) is 10.8. The lowest BCUT2D eigenvalue weighted by molar-refractivity contribution is -0.133. The molecule has 0 aliphatic carbocycles. The molecule has 0 spiro atoms. The summed E-state index contributed by atoms with van der Waals surface area (Å²) in [7, 11) is 0. The van der Waals surface area contributed by atoms with Gasteiger partial charge in [-0.1, -0.05) is 18.2 Å². The summed E-state index contributed by atoms with van der Waals surface area (Å²) in [6, 6.07) is 5.70.